The zero-order chi connectivity index (χ0) is 17.9. The van der Waals surface area contributed by atoms with Gasteiger partial charge in [-0.25, -0.2) is 13.4 Å². The van der Waals surface area contributed by atoms with E-state index in [0.29, 0.717) is 13.0 Å². The third kappa shape index (κ3) is 4.36. The summed E-state index contributed by atoms with van der Waals surface area (Å²) in [5, 5.41) is 2.79. The zero-order valence-corrected chi connectivity index (χ0v) is 14.5. The number of carbonyl (C=O) groups is 1. The van der Waals surface area contributed by atoms with Crippen LogP contribution in [-0.2, 0) is 16.4 Å². The summed E-state index contributed by atoms with van der Waals surface area (Å²) < 4.78 is 27.1. The number of sulfonamides is 1. The third-order valence-electron chi connectivity index (χ3n) is 3.55. The first-order valence-corrected chi connectivity index (χ1v) is 9.59. The molecule has 0 bridgehead atoms. The van der Waals surface area contributed by atoms with Gasteiger partial charge < -0.3 is 9.72 Å². The second-order valence-electron chi connectivity index (χ2n) is 5.62. The number of anilines is 1. The van der Waals surface area contributed by atoms with E-state index in [1.807, 2.05) is 35.0 Å². The molecule has 0 saturated heterocycles. The first-order chi connectivity index (χ1) is 11.9. The number of hydrogen-bond donors (Lipinski definition) is 2. The highest BCUT2D eigenvalue weighted by Gasteiger charge is 2.13. The summed E-state index contributed by atoms with van der Waals surface area (Å²) >= 11 is 0. The van der Waals surface area contributed by atoms with Crippen LogP contribution in [-0.4, -0.2) is 36.5 Å². The minimum absolute atomic E-state index is 0.259. The van der Waals surface area contributed by atoms with E-state index in [1.165, 1.54) is 0 Å². The first-order valence-electron chi connectivity index (χ1n) is 7.70. The molecule has 0 aliphatic carbocycles. The van der Waals surface area contributed by atoms with Crippen molar-refractivity contribution in [2.24, 2.45) is 0 Å². The Morgan fingerprint density at radius 3 is 2.68 bits per heavy atom. The van der Waals surface area contributed by atoms with Crippen LogP contribution in [0.15, 0.2) is 54.9 Å². The summed E-state index contributed by atoms with van der Waals surface area (Å²) in [6, 6.07) is 12.2. The normalized spacial score (nSPS) is 11.4. The highest BCUT2D eigenvalue weighted by atomic mass is 32.2. The van der Waals surface area contributed by atoms with Crippen LogP contribution in [0.1, 0.15) is 16.1 Å². The number of nitrogens with zero attached hydrogens (tertiary/aromatic N) is 2. The molecular formula is C17H18N4O3S. The molecule has 0 radical (unpaired) electrons. The summed E-state index contributed by atoms with van der Waals surface area (Å²) in [6.07, 6.45) is 5.46. The lowest BCUT2D eigenvalue weighted by atomic mass is 10.1. The Hall–Kier alpha value is -2.87. The Bertz CT molecular complexity index is 978. The predicted molar refractivity (Wildman–Crippen MR) is 96.1 cm³/mol. The van der Waals surface area contributed by atoms with Crippen LogP contribution in [0.4, 0.5) is 5.69 Å². The van der Waals surface area contributed by atoms with Gasteiger partial charge in [0.15, 0.2) is 0 Å². The quantitative estimate of drug-likeness (QED) is 0.701. The maximum absolute atomic E-state index is 12.3. The third-order valence-corrected chi connectivity index (χ3v) is 4.14. The fourth-order valence-corrected chi connectivity index (χ4v) is 3.05. The van der Waals surface area contributed by atoms with E-state index in [1.54, 1.807) is 24.3 Å². The van der Waals surface area contributed by atoms with E-state index in [9.17, 15) is 13.2 Å². The molecule has 2 aromatic heterocycles. The van der Waals surface area contributed by atoms with E-state index >= 15 is 0 Å². The van der Waals surface area contributed by atoms with Crippen molar-refractivity contribution in [2.45, 2.75) is 6.42 Å². The lowest BCUT2D eigenvalue weighted by Gasteiger charge is -2.10. The van der Waals surface area contributed by atoms with Gasteiger partial charge in [0.1, 0.15) is 5.65 Å². The van der Waals surface area contributed by atoms with E-state index < -0.39 is 10.0 Å². The average molecular weight is 358 g/mol. The van der Waals surface area contributed by atoms with Crippen LogP contribution in [0, 0.1) is 0 Å². The molecule has 2 N–H and O–H groups in total. The lowest BCUT2D eigenvalue weighted by molar-refractivity contribution is 0.0955. The van der Waals surface area contributed by atoms with Crippen molar-refractivity contribution in [3.63, 3.8) is 0 Å². The Kier molecular flexibility index (Phi) is 4.71. The van der Waals surface area contributed by atoms with Crippen LogP contribution < -0.4 is 10.0 Å². The Morgan fingerprint density at radius 1 is 1.16 bits per heavy atom. The van der Waals surface area contributed by atoms with Crippen LogP contribution in [0.3, 0.4) is 0 Å². The number of benzene rings is 1. The SMILES string of the molecule is CS(=O)(=O)Nc1ccccc1C(=O)NCCc1cn2ccccc2n1. The van der Waals surface area contributed by atoms with Crippen LogP contribution in [0.2, 0.25) is 0 Å². The smallest absolute Gasteiger partial charge is 0.253 e. The van der Waals surface area contributed by atoms with Gasteiger partial charge in [-0.3, -0.25) is 9.52 Å². The number of aromatic nitrogens is 2. The first kappa shape index (κ1) is 17.0. The minimum Gasteiger partial charge on any atom is -0.352 e. The van der Waals surface area contributed by atoms with Gasteiger partial charge in [-0.05, 0) is 24.3 Å². The van der Waals surface area contributed by atoms with Crippen LogP contribution in [0.5, 0.6) is 0 Å². The number of rotatable bonds is 6. The van der Waals surface area contributed by atoms with Gasteiger partial charge in [0.2, 0.25) is 10.0 Å². The van der Waals surface area contributed by atoms with E-state index in [2.05, 4.69) is 15.0 Å². The lowest BCUT2D eigenvalue weighted by Crippen LogP contribution is -2.27. The standard InChI is InChI=1S/C17H18N4O3S/c1-25(23,24)20-15-7-3-2-6-14(15)17(22)18-10-9-13-12-21-11-5-4-8-16(21)19-13/h2-8,11-12,20H,9-10H2,1H3,(H,18,22). The topological polar surface area (TPSA) is 92.6 Å². The molecule has 2 heterocycles. The van der Waals surface area contributed by atoms with Crippen molar-refractivity contribution in [3.8, 4) is 0 Å². The molecule has 0 unspecified atom stereocenters. The largest absolute Gasteiger partial charge is 0.352 e. The molecule has 0 fully saturated rings. The summed E-state index contributed by atoms with van der Waals surface area (Å²) in [5.41, 5.74) is 2.26. The van der Waals surface area contributed by atoms with Crippen molar-refractivity contribution < 1.29 is 13.2 Å². The maximum atomic E-state index is 12.3. The average Bonchev–Trinajstić information content (AvgIpc) is 2.96. The van der Waals surface area contributed by atoms with Crippen LogP contribution >= 0.6 is 0 Å². The molecule has 130 valence electrons. The molecule has 0 saturated carbocycles. The molecule has 8 heteroatoms. The van der Waals surface area contributed by atoms with E-state index in [0.717, 1.165) is 17.6 Å². The molecule has 7 nitrogen and oxygen atoms in total. The molecule has 0 aliphatic rings. The highest BCUT2D eigenvalue weighted by Crippen LogP contribution is 2.16. The maximum Gasteiger partial charge on any atom is 0.253 e. The van der Waals surface area contributed by atoms with Gasteiger partial charge in [-0.1, -0.05) is 18.2 Å². The minimum atomic E-state index is -3.45. The summed E-state index contributed by atoms with van der Waals surface area (Å²) in [6.45, 7) is 0.399. The molecule has 0 spiro atoms. The number of para-hydroxylation sites is 1. The van der Waals surface area contributed by atoms with Crippen molar-refractivity contribution in [1.29, 1.82) is 0 Å². The second-order valence-corrected chi connectivity index (χ2v) is 7.37. The monoisotopic (exact) mass is 358 g/mol. The van der Waals surface area contributed by atoms with Crippen molar-refractivity contribution in [3.05, 3.63) is 66.1 Å². The van der Waals surface area contributed by atoms with Crippen molar-refractivity contribution in [2.75, 3.05) is 17.5 Å². The van der Waals surface area contributed by atoms with Gasteiger partial charge >= 0.3 is 0 Å². The second kappa shape index (κ2) is 6.94. The molecule has 3 rings (SSSR count). The number of pyridine rings is 1. The fraction of sp³-hybridized carbons (Fsp3) is 0.176. The molecule has 0 aliphatic heterocycles. The molecule has 3 aromatic rings. The fourth-order valence-electron chi connectivity index (χ4n) is 2.48. The van der Waals surface area contributed by atoms with Gasteiger partial charge in [0.25, 0.3) is 5.91 Å². The molecule has 25 heavy (non-hydrogen) atoms. The number of amides is 1. The van der Waals surface area contributed by atoms with Gasteiger partial charge in [-0.2, -0.15) is 0 Å². The molecule has 0 atom stereocenters. The Morgan fingerprint density at radius 2 is 1.92 bits per heavy atom. The van der Waals surface area contributed by atoms with Gasteiger partial charge in [0.05, 0.1) is 23.2 Å². The zero-order valence-electron chi connectivity index (χ0n) is 13.6. The summed E-state index contributed by atoms with van der Waals surface area (Å²) in [4.78, 5) is 16.8. The van der Waals surface area contributed by atoms with E-state index in [-0.39, 0.29) is 17.2 Å². The Balaban J connectivity index is 1.65. The predicted octanol–water partition coefficient (Wildman–Crippen LogP) is 1.68. The number of imidazole rings is 1. The van der Waals surface area contributed by atoms with E-state index in [4.69, 9.17) is 0 Å². The van der Waals surface area contributed by atoms with Crippen molar-refractivity contribution >= 4 is 27.3 Å². The van der Waals surface area contributed by atoms with Gasteiger partial charge in [0, 0.05) is 25.4 Å². The summed E-state index contributed by atoms with van der Waals surface area (Å²) in [5.74, 6) is -0.337. The number of nitrogens with one attached hydrogen (secondary N) is 2. The molecule has 1 aromatic carbocycles. The number of carbonyl (C=O) groups excluding carboxylic acids is 1. The Labute approximate surface area is 145 Å². The van der Waals surface area contributed by atoms with Crippen molar-refractivity contribution in [1.82, 2.24) is 14.7 Å². The molecule has 1 amide bonds. The molecular weight excluding hydrogens is 340 g/mol. The number of hydrogen-bond acceptors (Lipinski definition) is 4. The summed E-state index contributed by atoms with van der Waals surface area (Å²) in [7, 11) is -3.45. The number of fused-ring (bicyclic) bond motifs is 1. The van der Waals surface area contributed by atoms with Gasteiger partial charge in [-0.15, -0.1) is 0 Å². The van der Waals surface area contributed by atoms with Crippen LogP contribution in [0.25, 0.3) is 5.65 Å². The highest BCUT2D eigenvalue weighted by molar-refractivity contribution is 7.92.